The van der Waals surface area contributed by atoms with Crippen molar-refractivity contribution in [3.63, 3.8) is 0 Å². The maximum Gasteiger partial charge on any atom is 0.231 e. The van der Waals surface area contributed by atoms with E-state index in [0.29, 0.717) is 13.4 Å². The third-order valence-electron chi connectivity index (χ3n) is 2.75. The molecular formula is C14H18BrNO3. The third kappa shape index (κ3) is 4.23. The molecule has 0 aromatic heterocycles. The normalized spacial score (nSPS) is 12.7. The second kappa shape index (κ2) is 7.53. The lowest BCUT2D eigenvalue weighted by molar-refractivity contribution is 0.140. The molecule has 0 aliphatic carbocycles. The molecule has 1 aliphatic heterocycles. The molecule has 0 fully saturated rings. The lowest BCUT2D eigenvalue weighted by Gasteiger charge is -2.08. The summed E-state index contributed by atoms with van der Waals surface area (Å²) in [6.45, 7) is 6.97. The van der Waals surface area contributed by atoms with E-state index in [1.807, 2.05) is 18.2 Å². The van der Waals surface area contributed by atoms with Gasteiger partial charge in [-0.15, -0.1) is 6.58 Å². The molecule has 0 amide bonds. The number of halogens is 1. The minimum atomic E-state index is 0.301. The van der Waals surface area contributed by atoms with E-state index in [1.54, 1.807) is 0 Å². The average molecular weight is 328 g/mol. The molecule has 2 rings (SSSR count). The van der Waals surface area contributed by atoms with Crippen molar-refractivity contribution in [3.05, 3.63) is 34.8 Å². The highest BCUT2D eigenvalue weighted by Gasteiger charge is 2.15. The van der Waals surface area contributed by atoms with Crippen LogP contribution in [0.25, 0.3) is 0 Å². The average Bonchev–Trinajstić information content (AvgIpc) is 2.84. The predicted octanol–water partition coefficient (Wildman–Crippen LogP) is 2.86. The Morgan fingerprint density at radius 2 is 2.11 bits per heavy atom. The Morgan fingerprint density at radius 3 is 2.89 bits per heavy atom. The SMILES string of the molecule is C=CCCOCCNCc1cc2c(cc1Br)OCO2. The third-order valence-corrected chi connectivity index (χ3v) is 3.48. The standard InChI is InChI=1S/C14H18BrNO3/c1-2-3-5-17-6-4-16-9-11-7-13-14(8-12(11)15)19-10-18-13/h2,7-8,16H,1,3-6,9-10H2. The van der Waals surface area contributed by atoms with Crippen molar-refractivity contribution < 1.29 is 14.2 Å². The van der Waals surface area contributed by atoms with Crippen LogP contribution in [0.2, 0.25) is 0 Å². The molecule has 0 unspecified atom stereocenters. The van der Waals surface area contributed by atoms with E-state index in [1.165, 1.54) is 0 Å². The molecule has 1 N–H and O–H groups in total. The molecule has 0 saturated heterocycles. The summed E-state index contributed by atoms with van der Waals surface area (Å²) >= 11 is 3.54. The van der Waals surface area contributed by atoms with Gasteiger partial charge in [0.25, 0.3) is 0 Å². The van der Waals surface area contributed by atoms with E-state index in [4.69, 9.17) is 14.2 Å². The summed E-state index contributed by atoms with van der Waals surface area (Å²) < 4.78 is 17.1. The van der Waals surface area contributed by atoms with Gasteiger partial charge < -0.3 is 19.5 Å². The van der Waals surface area contributed by atoms with Crippen LogP contribution in [0.5, 0.6) is 11.5 Å². The van der Waals surface area contributed by atoms with Gasteiger partial charge in [0.05, 0.1) is 13.2 Å². The van der Waals surface area contributed by atoms with Crippen LogP contribution in [0.4, 0.5) is 0 Å². The lowest BCUT2D eigenvalue weighted by atomic mass is 10.2. The molecule has 0 saturated carbocycles. The first-order valence-electron chi connectivity index (χ1n) is 6.28. The van der Waals surface area contributed by atoms with Crippen LogP contribution in [0.1, 0.15) is 12.0 Å². The van der Waals surface area contributed by atoms with Crippen molar-refractivity contribution in [1.82, 2.24) is 5.32 Å². The Labute approximate surface area is 121 Å². The van der Waals surface area contributed by atoms with E-state index in [2.05, 4.69) is 27.8 Å². The maximum atomic E-state index is 5.43. The van der Waals surface area contributed by atoms with Gasteiger partial charge in [-0.05, 0) is 24.1 Å². The van der Waals surface area contributed by atoms with Crippen LogP contribution >= 0.6 is 15.9 Å². The molecular weight excluding hydrogens is 310 g/mol. The Balaban J connectivity index is 1.72. The van der Waals surface area contributed by atoms with Crippen molar-refractivity contribution in [1.29, 1.82) is 0 Å². The molecule has 1 aliphatic rings. The Bertz CT molecular complexity index is 437. The first kappa shape index (κ1) is 14.4. The van der Waals surface area contributed by atoms with Crippen LogP contribution in [0.15, 0.2) is 29.3 Å². The van der Waals surface area contributed by atoms with Gasteiger partial charge in [-0.3, -0.25) is 0 Å². The van der Waals surface area contributed by atoms with Gasteiger partial charge in [0.15, 0.2) is 11.5 Å². The number of fused-ring (bicyclic) bond motifs is 1. The van der Waals surface area contributed by atoms with Gasteiger partial charge in [-0.2, -0.15) is 0 Å². The molecule has 0 radical (unpaired) electrons. The summed E-state index contributed by atoms with van der Waals surface area (Å²) in [7, 11) is 0. The molecule has 1 heterocycles. The fraction of sp³-hybridized carbons (Fsp3) is 0.429. The van der Waals surface area contributed by atoms with Gasteiger partial charge in [0.1, 0.15) is 0 Å². The zero-order chi connectivity index (χ0) is 13.5. The molecule has 0 atom stereocenters. The molecule has 1 aromatic carbocycles. The van der Waals surface area contributed by atoms with E-state index < -0.39 is 0 Å². The summed E-state index contributed by atoms with van der Waals surface area (Å²) in [5, 5.41) is 3.33. The summed E-state index contributed by atoms with van der Waals surface area (Å²) in [5.74, 6) is 1.60. The molecule has 104 valence electrons. The first-order valence-corrected chi connectivity index (χ1v) is 7.08. The fourth-order valence-corrected chi connectivity index (χ4v) is 2.19. The largest absolute Gasteiger partial charge is 0.454 e. The smallest absolute Gasteiger partial charge is 0.231 e. The summed E-state index contributed by atoms with van der Waals surface area (Å²) in [6.07, 6.45) is 2.75. The molecule has 0 bridgehead atoms. The Morgan fingerprint density at radius 1 is 1.32 bits per heavy atom. The van der Waals surface area contributed by atoms with Gasteiger partial charge in [0.2, 0.25) is 6.79 Å². The zero-order valence-corrected chi connectivity index (χ0v) is 12.4. The number of hydrogen-bond donors (Lipinski definition) is 1. The van der Waals surface area contributed by atoms with Crippen LogP contribution in [-0.4, -0.2) is 26.6 Å². The molecule has 0 spiro atoms. The lowest BCUT2D eigenvalue weighted by Crippen LogP contribution is -2.19. The minimum absolute atomic E-state index is 0.301. The van der Waals surface area contributed by atoms with Crippen molar-refractivity contribution in [2.45, 2.75) is 13.0 Å². The first-order chi connectivity index (χ1) is 9.31. The van der Waals surface area contributed by atoms with Crippen LogP contribution in [0, 0.1) is 0 Å². The van der Waals surface area contributed by atoms with Crippen LogP contribution in [-0.2, 0) is 11.3 Å². The van der Waals surface area contributed by atoms with Crippen molar-refractivity contribution >= 4 is 15.9 Å². The quantitative estimate of drug-likeness (QED) is 0.588. The number of rotatable bonds is 8. The Hall–Kier alpha value is -1.04. The topological polar surface area (TPSA) is 39.7 Å². The molecule has 1 aromatic rings. The maximum absolute atomic E-state index is 5.43. The van der Waals surface area contributed by atoms with Gasteiger partial charge in [0, 0.05) is 17.6 Å². The number of hydrogen-bond acceptors (Lipinski definition) is 4. The second-order valence-corrected chi connectivity index (χ2v) is 5.02. The number of ether oxygens (including phenoxy) is 3. The zero-order valence-electron chi connectivity index (χ0n) is 10.8. The fourth-order valence-electron chi connectivity index (χ4n) is 1.73. The monoisotopic (exact) mass is 327 g/mol. The highest BCUT2D eigenvalue weighted by molar-refractivity contribution is 9.10. The van der Waals surface area contributed by atoms with Crippen LogP contribution in [0.3, 0.4) is 0 Å². The number of nitrogens with one attached hydrogen (secondary N) is 1. The highest BCUT2D eigenvalue weighted by atomic mass is 79.9. The van der Waals surface area contributed by atoms with E-state index >= 15 is 0 Å². The van der Waals surface area contributed by atoms with E-state index in [-0.39, 0.29) is 0 Å². The van der Waals surface area contributed by atoms with Crippen molar-refractivity contribution in [2.75, 3.05) is 26.6 Å². The summed E-state index contributed by atoms with van der Waals surface area (Å²) in [6, 6.07) is 3.94. The van der Waals surface area contributed by atoms with Gasteiger partial charge in [-0.1, -0.05) is 22.0 Å². The molecule has 5 heteroatoms. The minimum Gasteiger partial charge on any atom is -0.454 e. The van der Waals surface area contributed by atoms with Gasteiger partial charge >= 0.3 is 0 Å². The van der Waals surface area contributed by atoms with Crippen molar-refractivity contribution in [2.24, 2.45) is 0 Å². The van der Waals surface area contributed by atoms with E-state index in [0.717, 1.165) is 47.7 Å². The number of benzene rings is 1. The molecule has 4 nitrogen and oxygen atoms in total. The summed E-state index contributed by atoms with van der Waals surface area (Å²) in [5.41, 5.74) is 1.15. The van der Waals surface area contributed by atoms with Gasteiger partial charge in [-0.25, -0.2) is 0 Å². The summed E-state index contributed by atoms with van der Waals surface area (Å²) in [4.78, 5) is 0. The highest BCUT2D eigenvalue weighted by Crippen LogP contribution is 2.36. The predicted molar refractivity (Wildman–Crippen MR) is 77.6 cm³/mol. The van der Waals surface area contributed by atoms with Crippen molar-refractivity contribution in [3.8, 4) is 11.5 Å². The Kier molecular flexibility index (Phi) is 5.69. The molecule has 19 heavy (non-hydrogen) atoms. The van der Waals surface area contributed by atoms with Crippen LogP contribution < -0.4 is 14.8 Å². The van der Waals surface area contributed by atoms with E-state index in [9.17, 15) is 0 Å². The second-order valence-electron chi connectivity index (χ2n) is 4.16.